The molecule has 0 aliphatic heterocycles. The minimum Gasteiger partial charge on any atom is -0.507 e. The lowest BCUT2D eigenvalue weighted by atomic mass is 10.1. The Kier molecular flexibility index (Phi) is 6.56. The van der Waals surface area contributed by atoms with Crippen molar-refractivity contribution < 1.29 is 14.3 Å². The summed E-state index contributed by atoms with van der Waals surface area (Å²) in [6.07, 6.45) is 0.882. The number of carbonyl (C=O) groups excluding carboxylic acids is 1. The van der Waals surface area contributed by atoms with E-state index in [2.05, 4.69) is 22.5 Å². The van der Waals surface area contributed by atoms with E-state index in [1.54, 1.807) is 25.1 Å². The van der Waals surface area contributed by atoms with E-state index >= 15 is 0 Å². The van der Waals surface area contributed by atoms with Crippen molar-refractivity contribution in [2.75, 3.05) is 5.32 Å². The molecule has 3 aromatic carbocycles. The van der Waals surface area contributed by atoms with E-state index < -0.39 is 5.91 Å². The number of phenols is 1. The molecule has 9 heteroatoms. The van der Waals surface area contributed by atoms with Gasteiger partial charge in [0.2, 0.25) is 5.89 Å². The Morgan fingerprint density at radius 1 is 1.12 bits per heavy atom. The summed E-state index contributed by atoms with van der Waals surface area (Å²) in [5.74, 6) is -0.102. The number of aromatic hydroxyl groups is 1. The molecule has 33 heavy (non-hydrogen) atoms. The van der Waals surface area contributed by atoms with Crippen LogP contribution >= 0.6 is 35.4 Å². The highest BCUT2D eigenvalue weighted by molar-refractivity contribution is 7.80. The van der Waals surface area contributed by atoms with Crippen LogP contribution in [0.25, 0.3) is 22.6 Å². The Balaban J connectivity index is 1.57. The van der Waals surface area contributed by atoms with Gasteiger partial charge >= 0.3 is 0 Å². The van der Waals surface area contributed by atoms with Gasteiger partial charge in [0.25, 0.3) is 5.91 Å². The smallest absolute Gasteiger partial charge is 0.257 e. The topological polar surface area (TPSA) is 87.4 Å². The van der Waals surface area contributed by atoms with Crippen LogP contribution in [-0.4, -0.2) is 21.1 Å². The molecular formula is C24H19Cl2N3O3S. The van der Waals surface area contributed by atoms with Gasteiger partial charge in [-0.3, -0.25) is 10.1 Å². The van der Waals surface area contributed by atoms with Crippen molar-refractivity contribution in [2.45, 2.75) is 20.3 Å². The minimum absolute atomic E-state index is 0.0496. The minimum atomic E-state index is -0.438. The number of hydrogen-bond acceptors (Lipinski definition) is 5. The Morgan fingerprint density at radius 3 is 2.64 bits per heavy atom. The molecule has 3 N–H and O–H groups in total. The number of hydrogen-bond donors (Lipinski definition) is 3. The molecule has 0 fully saturated rings. The number of carbonyl (C=O) groups is 1. The van der Waals surface area contributed by atoms with Gasteiger partial charge in [-0.2, -0.15) is 0 Å². The predicted molar refractivity (Wildman–Crippen MR) is 135 cm³/mol. The highest BCUT2D eigenvalue weighted by Gasteiger charge is 2.17. The van der Waals surface area contributed by atoms with Crippen LogP contribution in [0.3, 0.4) is 0 Å². The maximum Gasteiger partial charge on any atom is 0.257 e. The van der Waals surface area contributed by atoms with E-state index in [9.17, 15) is 9.90 Å². The zero-order chi connectivity index (χ0) is 23.7. The molecule has 168 valence electrons. The number of oxazole rings is 1. The van der Waals surface area contributed by atoms with E-state index in [0.717, 1.165) is 12.0 Å². The van der Waals surface area contributed by atoms with Gasteiger partial charge in [-0.1, -0.05) is 36.2 Å². The zero-order valence-electron chi connectivity index (χ0n) is 17.7. The van der Waals surface area contributed by atoms with Crippen molar-refractivity contribution in [3.05, 3.63) is 75.3 Å². The van der Waals surface area contributed by atoms with E-state index in [1.807, 2.05) is 18.2 Å². The molecule has 0 radical (unpaired) electrons. The largest absolute Gasteiger partial charge is 0.507 e. The molecule has 0 atom stereocenters. The second kappa shape index (κ2) is 9.39. The molecule has 0 bridgehead atoms. The fourth-order valence-electron chi connectivity index (χ4n) is 3.30. The van der Waals surface area contributed by atoms with Crippen LogP contribution < -0.4 is 10.6 Å². The second-order valence-corrected chi connectivity index (χ2v) is 8.62. The lowest BCUT2D eigenvalue weighted by Crippen LogP contribution is -2.34. The summed E-state index contributed by atoms with van der Waals surface area (Å²) in [5, 5.41) is 16.9. The van der Waals surface area contributed by atoms with E-state index in [0.29, 0.717) is 38.5 Å². The van der Waals surface area contributed by atoms with Gasteiger partial charge < -0.3 is 14.8 Å². The van der Waals surface area contributed by atoms with Crippen molar-refractivity contribution in [2.24, 2.45) is 0 Å². The van der Waals surface area contributed by atoms with Crippen LogP contribution in [0, 0.1) is 6.92 Å². The molecule has 4 rings (SSSR count). The normalized spacial score (nSPS) is 10.9. The summed E-state index contributed by atoms with van der Waals surface area (Å²) in [6.45, 7) is 3.81. The Bertz CT molecular complexity index is 1400. The van der Waals surface area contributed by atoms with Gasteiger partial charge in [0.1, 0.15) is 11.3 Å². The Morgan fingerprint density at radius 2 is 1.91 bits per heavy atom. The first-order valence-corrected chi connectivity index (χ1v) is 11.2. The Hall–Kier alpha value is -3.13. The molecule has 1 aromatic heterocycles. The number of rotatable bonds is 4. The van der Waals surface area contributed by atoms with Gasteiger partial charge in [0.05, 0.1) is 15.6 Å². The van der Waals surface area contributed by atoms with Gasteiger partial charge in [0.15, 0.2) is 10.7 Å². The number of nitrogens with zero attached hydrogens (tertiary/aromatic N) is 1. The van der Waals surface area contributed by atoms with Gasteiger partial charge in [-0.05, 0) is 79.2 Å². The summed E-state index contributed by atoms with van der Waals surface area (Å²) in [6, 6.07) is 13.7. The highest BCUT2D eigenvalue weighted by Crippen LogP contribution is 2.36. The van der Waals surface area contributed by atoms with Gasteiger partial charge in [0, 0.05) is 11.3 Å². The summed E-state index contributed by atoms with van der Waals surface area (Å²) < 4.78 is 5.87. The second-order valence-electron chi connectivity index (χ2n) is 7.40. The van der Waals surface area contributed by atoms with Crippen molar-refractivity contribution >= 4 is 63.2 Å². The standard InChI is InChI=1S/C24H19Cl2N3O3S/c1-3-13-4-7-20-19(9-13)28-23(32-20)16-11-15(8-12(2)21(16)30)27-24(33)29-22(31)14-5-6-17(25)18(26)10-14/h4-11,30H,3H2,1-2H3,(H2,27,29,31,33). The predicted octanol–water partition coefficient (Wildman–Crippen LogP) is 6.50. The molecule has 0 unspecified atom stereocenters. The lowest BCUT2D eigenvalue weighted by molar-refractivity contribution is 0.0977. The van der Waals surface area contributed by atoms with Crippen LogP contribution in [0.15, 0.2) is 52.9 Å². The van der Waals surface area contributed by atoms with Crippen molar-refractivity contribution in [3.8, 4) is 17.2 Å². The third kappa shape index (κ3) is 4.95. The molecule has 0 aliphatic rings. The van der Waals surface area contributed by atoms with Gasteiger partial charge in [-0.25, -0.2) is 4.98 Å². The first kappa shape index (κ1) is 23.0. The fourth-order valence-corrected chi connectivity index (χ4v) is 3.81. The van der Waals surface area contributed by atoms with Crippen LogP contribution in [0.1, 0.15) is 28.4 Å². The van der Waals surface area contributed by atoms with Crippen LogP contribution in [0.2, 0.25) is 10.0 Å². The molecule has 0 saturated carbocycles. The molecular weight excluding hydrogens is 481 g/mol. The number of benzene rings is 3. The number of phenolic OH excluding ortho intramolecular Hbond substituents is 1. The quantitative estimate of drug-likeness (QED) is 0.219. The molecule has 0 aliphatic carbocycles. The zero-order valence-corrected chi connectivity index (χ0v) is 20.0. The maximum atomic E-state index is 12.5. The number of anilines is 1. The molecule has 0 spiro atoms. The number of amides is 1. The lowest BCUT2D eigenvalue weighted by Gasteiger charge is -2.13. The van der Waals surface area contributed by atoms with Crippen molar-refractivity contribution in [3.63, 3.8) is 0 Å². The number of fused-ring (bicyclic) bond motifs is 1. The number of halogens is 2. The van der Waals surface area contributed by atoms with Crippen molar-refractivity contribution in [1.82, 2.24) is 10.3 Å². The average molecular weight is 500 g/mol. The van der Waals surface area contributed by atoms with Crippen LogP contribution in [0.5, 0.6) is 5.75 Å². The first-order chi connectivity index (χ1) is 15.7. The average Bonchev–Trinajstić information content (AvgIpc) is 3.20. The maximum absolute atomic E-state index is 12.5. The summed E-state index contributed by atoms with van der Waals surface area (Å²) in [7, 11) is 0. The Labute approximate surface area is 205 Å². The summed E-state index contributed by atoms with van der Waals surface area (Å²) >= 11 is 17.2. The number of aromatic nitrogens is 1. The van der Waals surface area contributed by atoms with E-state index in [1.165, 1.54) is 12.1 Å². The highest BCUT2D eigenvalue weighted by atomic mass is 35.5. The number of aryl methyl sites for hydroxylation is 2. The van der Waals surface area contributed by atoms with E-state index in [4.69, 9.17) is 39.8 Å². The SMILES string of the molecule is CCc1ccc2oc(-c3cc(NC(=S)NC(=O)c4ccc(Cl)c(Cl)c4)cc(C)c3O)nc2c1. The molecule has 6 nitrogen and oxygen atoms in total. The van der Waals surface area contributed by atoms with Crippen LogP contribution in [0.4, 0.5) is 5.69 Å². The molecule has 1 amide bonds. The summed E-state index contributed by atoms with van der Waals surface area (Å²) in [5.41, 5.74) is 4.34. The van der Waals surface area contributed by atoms with Crippen molar-refractivity contribution in [1.29, 1.82) is 0 Å². The van der Waals surface area contributed by atoms with Gasteiger partial charge in [-0.15, -0.1) is 0 Å². The number of thiocarbonyl (C=S) groups is 1. The van der Waals surface area contributed by atoms with E-state index in [-0.39, 0.29) is 21.8 Å². The third-order valence-electron chi connectivity index (χ3n) is 5.06. The van der Waals surface area contributed by atoms with Crippen LogP contribution in [-0.2, 0) is 6.42 Å². The third-order valence-corrected chi connectivity index (χ3v) is 6.00. The summed E-state index contributed by atoms with van der Waals surface area (Å²) in [4.78, 5) is 17.0. The molecule has 1 heterocycles. The number of nitrogens with one attached hydrogen (secondary N) is 2. The molecule has 0 saturated heterocycles. The fraction of sp³-hybridized carbons (Fsp3) is 0.125. The molecule has 4 aromatic rings. The monoisotopic (exact) mass is 499 g/mol. The first-order valence-electron chi connectivity index (χ1n) is 10.1.